The standard InChI is InChI=1S/C24H25N3O3/c1-4-27(5-2)16-10-11-19-21(14-16)30-22-15-20(25-13-12-23(28)29-3)17-8-6-7-9-18(17)24(22)26-19/h6-11,14-15H,4-5,12-13H2,1-3H3/p+1. The fourth-order valence-electron chi connectivity index (χ4n) is 3.78. The molecule has 2 aliphatic rings. The molecular formula is C24H26N3O3+. The van der Waals surface area contributed by atoms with Gasteiger partial charge in [-0.25, -0.2) is 9.56 Å². The summed E-state index contributed by atoms with van der Waals surface area (Å²) in [5, 5.41) is 6.51. The van der Waals surface area contributed by atoms with Gasteiger partial charge in [-0.1, -0.05) is 24.3 Å². The van der Waals surface area contributed by atoms with Crippen LogP contribution in [0, 0.1) is 0 Å². The Morgan fingerprint density at radius 3 is 2.60 bits per heavy atom. The maximum Gasteiger partial charge on any atom is 0.307 e. The van der Waals surface area contributed by atoms with Crippen LogP contribution in [-0.4, -0.2) is 37.7 Å². The maximum absolute atomic E-state index is 11.5. The molecule has 1 aliphatic carbocycles. The predicted octanol–water partition coefficient (Wildman–Crippen LogP) is 3.87. The first-order chi connectivity index (χ1) is 14.6. The van der Waals surface area contributed by atoms with E-state index in [1.165, 1.54) is 7.11 Å². The first-order valence-corrected chi connectivity index (χ1v) is 10.3. The normalized spacial score (nSPS) is 11.2. The van der Waals surface area contributed by atoms with Gasteiger partial charge in [-0.2, -0.15) is 0 Å². The van der Waals surface area contributed by atoms with E-state index in [-0.39, 0.29) is 5.97 Å². The van der Waals surface area contributed by atoms with Crippen LogP contribution in [-0.2, 0) is 9.53 Å². The van der Waals surface area contributed by atoms with Crippen LogP contribution in [0.3, 0.4) is 0 Å². The van der Waals surface area contributed by atoms with E-state index in [0.29, 0.717) is 18.5 Å². The lowest BCUT2D eigenvalue weighted by atomic mass is 10.1. The lowest BCUT2D eigenvalue weighted by Crippen LogP contribution is -2.29. The van der Waals surface area contributed by atoms with Crippen molar-refractivity contribution in [2.24, 2.45) is 0 Å². The minimum Gasteiger partial charge on any atom is -0.469 e. The molecule has 0 amide bonds. The van der Waals surface area contributed by atoms with Crippen LogP contribution in [0.15, 0.2) is 52.9 Å². The average Bonchev–Trinajstić information content (AvgIpc) is 2.78. The summed E-state index contributed by atoms with van der Waals surface area (Å²) in [6.07, 6.45) is 0.295. The summed E-state index contributed by atoms with van der Waals surface area (Å²) in [7, 11) is 1.40. The molecule has 2 aromatic carbocycles. The molecule has 0 unspecified atom stereocenters. The molecular weight excluding hydrogens is 378 g/mol. The van der Waals surface area contributed by atoms with E-state index < -0.39 is 0 Å². The van der Waals surface area contributed by atoms with E-state index in [0.717, 1.165) is 51.9 Å². The number of benzene rings is 3. The molecule has 1 N–H and O–H groups in total. The number of methoxy groups -OCH3 is 1. The predicted molar refractivity (Wildman–Crippen MR) is 120 cm³/mol. The van der Waals surface area contributed by atoms with Gasteiger partial charge in [0.1, 0.15) is 24.3 Å². The van der Waals surface area contributed by atoms with Gasteiger partial charge in [0.15, 0.2) is 11.3 Å². The molecule has 154 valence electrons. The van der Waals surface area contributed by atoms with Gasteiger partial charge in [0, 0.05) is 35.1 Å². The Labute approximate surface area is 175 Å². The molecule has 0 radical (unpaired) electrons. The number of rotatable bonds is 6. The molecule has 1 heterocycles. The molecule has 4 rings (SSSR count). The Morgan fingerprint density at radius 1 is 1.10 bits per heavy atom. The largest absolute Gasteiger partial charge is 0.469 e. The molecule has 2 aromatic rings. The van der Waals surface area contributed by atoms with Crippen LogP contribution in [0.1, 0.15) is 20.3 Å². The van der Waals surface area contributed by atoms with Gasteiger partial charge in [-0.05, 0) is 19.9 Å². The molecule has 6 nitrogen and oxygen atoms in total. The summed E-state index contributed by atoms with van der Waals surface area (Å²) in [4.78, 5) is 16.4. The summed E-state index contributed by atoms with van der Waals surface area (Å²) >= 11 is 0. The zero-order chi connectivity index (χ0) is 21.1. The quantitative estimate of drug-likeness (QED) is 0.229. The third-order valence-electron chi connectivity index (χ3n) is 5.38. The van der Waals surface area contributed by atoms with Crippen LogP contribution in [0.2, 0.25) is 0 Å². The van der Waals surface area contributed by atoms with Crippen molar-refractivity contribution in [3.05, 3.63) is 53.9 Å². The second kappa shape index (κ2) is 8.53. The van der Waals surface area contributed by atoms with Gasteiger partial charge < -0.3 is 14.5 Å². The van der Waals surface area contributed by atoms with Crippen molar-refractivity contribution in [1.82, 2.24) is 9.56 Å². The van der Waals surface area contributed by atoms with Crippen LogP contribution in [0.5, 0.6) is 0 Å². The van der Waals surface area contributed by atoms with Crippen LogP contribution in [0.4, 0.5) is 5.69 Å². The number of esters is 1. The van der Waals surface area contributed by atoms with Gasteiger partial charge in [0.25, 0.3) is 0 Å². The van der Waals surface area contributed by atoms with E-state index in [1.807, 2.05) is 42.5 Å². The summed E-state index contributed by atoms with van der Waals surface area (Å²) in [5.41, 5.74) is 3.27. The fourth-order valence-corrected chi connectivity index (χ4v) is 3.78. The smallest absolute Gasteiger partial charge is 0.307 e. The van der Waals surface area contributed by atoms with Crippen molar-refractivity contribution in [1.29, 1.82) is 0 Å². The Balaban J connectivity index is 1.88. The van der Waals surface area contributed by atoms with E-state index in [9.17, 15) is 4.79 Å². The third kappa shape index (κ3) is 3.73. The number of hydrogen-bond acceptors (Lipinski definition) is 5. The number of nitrogens with one attached hydrogen (secondary N) is 1. The first-order valence-electron chi connectivity index (χ1n) is 10.3. The Kier molecular flexibility index (Phi) is 5.65. The lowest BCUT2D eigenvalue weighted by molar-refractivity contribution is -0.140. The molecule has 30 heavy (non-hydrogen) atoms. The molecule has 6 heteroatoms. The highest BCUT2D eigenvalue weighted by molar-refractivity contribution is 6.10. The highest BCUT2D eigenvalue weighted by Crippen LogP contribution is 2.33. The number of carbonyl (C=O) groups excluding carboxylic acids is 1. The zero-order valence-electron chi connectivity index (χ0n) is 17.6. The molecule has 0 spiro atoms. The van der Waals surface area contributed by atoms with Gasteiger partial charge in [-0.3, -0.25) is 4.79 Å². The van der Waals surface area contributed by atoms with Gasteiger partial charge in [0.2, 0.25) is 5.36 Å². The number of nitrogens with zero attached hydrogens (tertiary/aromatic N) is 2. The van der Waals surface area contributed by atoms with Crippen molar-refractivity contribution < 1.29 is 13.9 Å². The fraction of sp³-hybridized carbons (Fsp3) is 0.292. The number of fused-ring (bicyclic) bond motifs is 4. The van der Waals surface area contributed by atoms with Crippen LogP contribution >= 0.6 is 0 Å². The summed E-state index contributed by atoms with van der Waals surface area (Å²) in [6.45, 7) is 6.63. The van der Waals surface area contributed by atoms with Crippen molar-refractivity contribution in [2.45, 2.75) is 20.3 Å². The van der Waals surface area contributed by atoms with E-state index in [1.54, 1.807) is 0 Å². The molecule has 0 atom stereocenters. The molecule has 0 saturated carbocycles. The van der Waals surface area contributed by atoms with Gasteiger partial charge in [0.05, 0.1) is 19.6 Å². The summed E-state index contributed by atoms with van der Waals surface area (Å²) in [5.74, 6) is 0.511. The number of anilines is 1. The van der Waals surface area contributed by atoms with Gasteiger partial charge in [-0.15, -0.1) is 0 Å². The van der Waals surface area contributed by atoms with Crippen molar-refractivity contribution in [3.63, 3.8) is 0 Å². The van der Waals surface area contributed by atoms with Crippen molar-refractivity contribution in [2.75, 3.05) is 32.1 Å². The average molecular weight is 404 g/mol. The molecule has 0 saturated heterocycles. The zero-order valence-corrected chi connectivity index (χ0v) is 17.6. The Morgan fingerprint density at radius 2 is 1.87 bits per heavy atom. The minimum absolute atomic E-state index is 0.242. The molecule has 1 aliphatic heterocycles. The third-order valence-corrected chi connectivity index (χ3v) is 5.38. The van der Waals surface area contributed by atoms with Crippen LogP contribution in [0.25, 0.3) is 33.3 Å². The molecule has 0 fully saturated rings. The van der Waals surface area contributed by atoms with Crippen molar-refractivity contribution >= 4 is 33.5 Å². The second-order valence-electron chi connectivity index (χ2n) is 7.11. The second-order valence-corrected chi connectivity index (χ2v) is 7.11. The Bertz CT molecular complexity index is 1250. The van der Waals surface area contributed by atoms with E-state index in [2.05, 4.69) is 29.8 Å². The van der Waals surface area contributed by atoms with Crippen LogP contribution < -0.4 is 15.2 Å². The maximum atomic E-state index is 11.5. The lowest BCUT2D eigenvalue weighted by Gasteiger charge is -2.13. The highest BCUT2D eigenvalue weighted by Gasteiger charge is 2.15. The van der Waals surface area contributed by atoms with Gasteiger partial charge >= 0.3 is 5.97 Å². The highest BCUT2D eigenvalue weighted by atomic mass is 16.5. The topological polar surface area (TPSA) is 67.4 Å². The van der Waals surface area contributed by atoms with Crippen molar-refractivity contribution in [3.8, 4) is 11.5 Å². The number of carbonyl (C=O) groups is 1. The SMILES string of the molecule is CC[N+](CC)=c1ccc2nc3c(cc(NCCC(=O)OC)c4ccccc43)oc-2c1. The minimum atomic E-state index is -0.242. The number of aromatic nitrogens is 1. The monoisotopic (exact) mass is 404 g/mol. The summed E-state index contributed by atoms with van der Waals surface area (Å²) < 4.78 is 13.3. The molecule has 0 aromatic heterocycles. The summed E-state index contributed by atoms with van der Waals surface area (Å²) in [6, 6.07) is 16.2. The Hall–Kier alpha value is -3.41. The molecule has 0 bridgehead atoms. The van der Waals surface area contributed by atoms with E-state index in [4.69, 9.17) is 14.1 Å². The number of ether oxygens (including phenoxy) is 1. The van der Waals surface area contributed by atoms with E-state index >= 15 is 0 Å². The first kappa shape index (κ1) is 19.9. The number of hydrogen-bond donors (Lipinski definition) is 1.